The third-order valence-corrected chi connectivity index (χ3v) is 2.43. The van der Waals surface area contributed by atoms with Crippen LogP contribution >= 0.6 is 0 Å². The second-order valence-corrected chi connectivity index (χ2v) is 3.41. The summed E-state index contributed by atoms with van der Waals surface area (Å²) in [5, 5.41) is 3.42. The fourth-order valence-corrected chi connectivity index (χ4v) is 1.73. The van der Waals surface area contributed by atoms with Gasteiger partial charge < -0.3 is 5.32 Å². The molecule has 0 fully saturated rings. The minimum absolute atomic E-state index is 0.474. The predicted molar refractivity (Wildman–Crippen MR) is 49.1 cm³/mol. The first-order chi connectivity index (χ1) is 5.77. The summed E-state index contributed by atoms with van der Waals surface area (Å²) >= 11 is 0. The lowest BCUT2D eigenvalue weighted by molar-refractivity contribution is 0.531. The molecule has 1 aliphatic heterocycles. The highest BCUT2D eigenvalue weighted by atomic mass is 14.9. The van der Waals surface area contributed by atoms with Crippen molar-refractivity contribution in [2.24, 2.45) is 0 Å². The Kier molecular flexibility index (Phi) is 1.85. The highest BCUT2D eigenvalue weighted by Crippen LogP contribution is 2.20. The van der Waals surface area contributed by atoms with E-state index in [4.69, 9.17) is 0 Å². The zero-order chi connectivity index (χ0) is 8.55. The normalized spacial score (nSPS) is 22.0. The number of aromatic nitrogens is 1. The molecule has 2 heterocycles. The molecule has 64 valence electrons. The number of hydrogen-bond donors (Lipinski definition) is 1. The summed E-state index contributed by atoms with van der Waals surface area (Å²) < 4.78 is 0. The summed E-state index contributed by atoms with van der Waals surface area (Å²) in [6, 6.07) is 4.75. The number of nitrogens with one attached hydrogen (secondary N) is 1. The van der Waals surface area contributed by atoms with Crippen LogP contribution in [-0.4, -0.2) is 11.5 Å². The number of hydrogen-bond acceptors (Lipinski definition) is 2. The fraction of sp³-hybridized carbons (Fsp3) is 0.500. The van der Waals surface area contributed by atoms with Crippen LogP contribution in [0, 0.1) is 6.92 Å². The molecule has 12 heavy (non-hydrogen) atoms. The second kappa shape index (κ2) is 2.87. The van der Waals surface area contributed by atoms with Crippen LogP contribution in [0.25, 0.3) is 0 Å². The Hall–Kier alpha value is -0.890. The van der Waals surface area contributed by atoms with Crippen LogP contribution in [-0.2, 0) is 6.42 Å². The molecule has 0 amide bonds. The van der Waals surface area contributed by atoms with Crippen LogP contribution in [0.5, 0.6) is 0 Å². The first-order valence-corrected chi connectivity index (χ1v) is 4.47. The Morgan fingerprint density at radius 3 is 3.17 bits per heavy atom. The lowest BCUT2D eigenvalue weighted by Gasteiger charge is -2.22. The minimum atomic E-state index is 0.474. The predicted octanol–water partition coefficient (Wildman–Crippen LogP) is 1.60. The smallest absolute Gasteiger partial charge is 0.0467 e. The van der Waals surface area contributed by atoms with Gasteiger partial charge in [0.1, 0.15) is 0 Å². The number of aryl methyl sites for hydroxylation is 1. The maximum Gasteiger partial charge on any atom is 0.0467 e. The van der Waals surface area contributed by atoms with Crippen LogP contribution in [0.4, 0.5) is 0 Å². The lowest BCUT2D eigenvalue weighted by Crippen LogP contribution is -2.28. The molecule has 1 unspecified atom stereocenters. The van der Waals surface area contributed by atoms with Crippen molar-refractivity contribution < 1.29 is 0 Å². The molecule has 0 aliphatic carbocycles. The van der Waals surface area contributed by atoms with E-state index in [1.165, 1.54) is 11.3 Å². The number of nitrogens with zero attached hydrogens (tertiary/aromatic N) is 1. The zero-order valence-electron chi connectivity index (χ0n) is 7.59. The van der Waals surface area contributed by atoms with Crippen molar-refractivity contribution in [1.29, 1.82) is 0 Å². The van der Waals surface area contributed by atoms with E-state index in [2.05, 4.69) is 29.4 Å². The molecule has 0 bridgehead atoms. The number of rotatable bonds is 0. The molecule has 1 aromatic rings. The molecular weight excluding hydrogens is 148 g/mol. The molecule has 2 rings (SSSR count). The van der Waals surface area contributed by atoms with Crippen molar-refractivity contribution in [3.8, 4) is 0 Å². The van der Waals surface area contributed by atoms with Gasteiger partial charge >= 0.3 is 0 Å². The SMILES string of the molecule is Cc1ccc2c(n1)CCNC2C. The van der Waals surface area contributed by atoms with E-state index in [0.29, 0.717) is 6.04 Å². The van der Waals surface area contributed by atoms with Crippen molar-refractivity contribution in [3.63, 3.8) is 0 Å². The Labute approximate surface area is 73.0 Å². The van der Waals surface area contributed by atoms with E-state index in [9.17, 15) is 0 Å². The average molecular weight is 162 g/mol. The van der Waals surface area contributed by atoms with Gasteiger partial charge in [-0.2, -0.15) is 0 Å². The molecule has 1 N–H and O–H groups in total. The van der Waals surface area contributed by atoms with Crippen molar-refractivity contribution in [2.75, 3.05) is 6.54 Å². The van der Waals surface area contributed by atoms with Crippen LogP contribution in [0.15, 0.2) is 12.1 Å². The fourth-order valence-electron chi connectivity index (χ4n) is 1.73. The first-order valence-electron chi connectivity index (χ1n) is 4.47. The van der Waals surface area contributed by atoms with Crippen molar-refractivity contribution in [1.82, 2.24) is 10.3 Å². The van der Waals surface area contributed by atoms with Gasteiger partial charge in [-0.15, -0.1) is 0 Å². The monoisotopic (exact) mass is 162 g/mol. The van der Waals surface area contributed by atoms with Crippen LogP contribution < -0.4 is 5.32 Å². The number of pyridine rings is 1. The van der Waals surface area contributed by atoms with Gasteiger partial charge in [0.15, 0.2) is 0 Å². The standard InChI is InChI=1S/C10H14N2/c1-7-3-4-9-8(2)11-6-5-10(9)12-7/h3-4,8,11H,5-6H2,1-2H3. The molecule has 0 saturated carbocycles. The summed E-state index contributed by atoms with van der Waals surface area (Å²) in [5.74, 6) is 0. The van der Waals surface area contributed by atoms with Crippen LogP contribution in [0.3, 0.4) is 0 Å². The van der Waals surface area contributed by atoms with Gasteiger partial charge in [0.05, 0.1) is 0 Å². The molecule has 2 heteroatoms. The highest BCUT2D eigenvalue weighted by molar-refractivity contribution is 5.27. The average Bonchev–Trinajstić information content (AvgIpc) is 2.04. The molecule has 0 radical (unpaired) electrons. The molecule has 0 spiro atoms. The summed E-state index contributed by atoms with van der Waals surface area (Å²) in [6.45, 7) is 5.30. The van der Waals surface area contributed by atoms with Gasteiger partial charge in [-0.25, -0.2) is 0 Å². The molecule has 1 aliphatic rings. The molecule has 0 aromatic carbocycles. The number of fused-ring (bicyclic) bond motifs is 1. The van der Waals surface area contributed by atoms with E-state index in [1.807, 2.05) is 6.92 Å². The molecule has 0 saturated heterocycles. The topological polar surface area (TPSA) is 24.9 Å². The van der Waals surface area contributed by atoms with E-state index in [0.717, 1.165) is 18.7 Å². The van der Waals surface area contributed by atoms with Gasteiger partial charge in [-0.3, -0.25) is 4.98 Å². The molecule has 2 nitrogen and oxygen atoms in total. The van der Waals surface area contributed by atoms with Gasteiger partial charge in [0.25, 0.3) is 0 Å². The van der Waals surface area contributed by atoms with E-state index >= 15 is 0 Å². The summed E-state index contributed by atoms with van der Waals surface area (Å²) in [5.41, 5.74) is 3.77. The third kappa shape index (κ3) is 1.23. The Bertz CT molecular complexity index is 294. The molecule has 1 aromatic heterocycles. The zero-order valence-corrected chi connectivity index (χ0v) is 7.59. The van der Waals surface area contributed by atoms with E-state index in [1.54, 1.807) is 0 Å². The van der Waals surface area contributed by atoms with E-state index in [-0.39, 0.29) is 0 Å². The third-order valence-electron chi connectivity index (χ3n) is 2.43. The maximum absolute atomic E-state index is 4.52. The Morgan fingerprint density at radius 1 is 1.50 bits per heavy atom. The summed E-state index contributed by atoms with van der Waals surface area (Å²) in [4.78, 5) is 4.52. The minimum Gasteiger partial charge on any atom is -0.310 e. The van der Waals surface area contributed by atoms with Gasteiger partial charge in [0.2, 0.25) is 0 Å². The van der Waals surface area contributed by atoms with Crippen molar-refractivity contribution in [2.45, 2.75) is 26.3 Å². The lowest BCUT2D eigenvalue weighted by atomic mass is 10.0. The molecule has 1 atom stereocenters. The van der Waals surface area contributed by atoms with Crippen molar-refractivity contribution in [3.05, 3.63) is 29.1 Å². The largest absolute Gasteiger partial charge is 0.310 e. The van der Waals surface area contributed by atoms with E-state index < -0.39 is 0 Å². The van der Waals surface area contributed by atoms with Gasteiger partial charge in [-0.05, 0) is 25.5 Å². The first kappa shape index (κ1) is 7.74. The second-order valence-electron chi connectivity index (χ2n) is 3.41. The Balaban J connectivity index is 2.46. The van der Waals surface area contributed by atoms with Crippen LogP contribution in [0.1, 0.15) is 29.9 Å². The quantitative estimate of drug-likeness (QED) is 0.626. The van der Waals surface area contributed by atoms with Gasteiger partial charge in [-0.1, -0.05) is 6.07 Å². The summed E-state index contributed by atoms with van der Waals surface area (Å²) in [7, 11) is 0. The van der Waals surface area contributed by atoms with Gasteiger partial charge in [0, 0.05) is 30.4 Å². The molecular formula is C10H14N2. The summed E-state index contributed by atoms with van der Waals surface area (Å²) in [6.07, 6.45) is 1.07. The highest BCUT2D eigenvalue weighted by Gasteiger charge is 2.15. The van der Waals surface area contributed by atoms with Crippen LogP contribution in [0.2, 0.25) is 0 Å². The van der Waals surface area contributed by atoms with Crippen molar-refractivity contribution >= 4 is 0 Å². The Morgan fingerprint density at radius 2 is 2.33 bits per heavy atom. The maximum atomic E-state index is 4.52.